The molecule has 0 N–H and O–H groups in total. The number of thioether (sulfide) groups is 1. The fraction of sp³-hybridized carbons (Fsp3) is 0.318. The van der Waals surface area contributed by atoms with Gasteiger partial charge in [-0.25, -0.2) is 8.42 Å². The van der Waals surface area contributed by atoms with Gasteiger partial charge in [-0.1, -0.05) is 60.2 Å². The van der Waals surface area contributed by atoms with Gasteiger partial charge in [-0.2, -0.15) is 4.31 Å². The third-order valence-electron chi connectivity index (χ3n) is 4.80. The van der Waals surface area contributed by atoms with E-state index >= 15 is 0 Å². The number of carbonyl (C=O) groups is 1. The molecular formula is C22H26N2O3S2. The summed E-state index contributed by atoms with van der Waals surface area (Å²) in [4.78, 5) is 14.5. The van der Waals surface area contributed by atoms with Crippen LogP contribution in [-0.4, -0.2) is 61.2 Å². The molecule has 0 aliphatic carbocycles. The zero-order valence-corrected chi connectivity index (χ0v) is 18.2. The van der Waals surface area contributed by atoms with Crippen molar-refractivity contribution in [1.82, 2.24) is 9.21 Å². The molecule has 0 unspecified atom stereocenters. The molecule has 2 aromatic rings. The molecule has 1 saturated heterocycles. The smallest absolute Gasteiger partial charge is 0.243 e. The number of benzene rings is 2. The van der Waals surface area contributed by atoms with E-state index in [0.29, 0.717) is 36.8 Å². The van der Waals surface area contributed by atoms with Crippen molar-refractivity contribution in [2.45, 2.75) is 11.8 Å². The van der Waals surface area contributed by atoms with Crippen molar-refractivity contribution in [3.63, 3.8) is 0 Å². The summed E-state index contributed by atoms with van der Waals surface area (Å²) < 4.78 is 27.0. The maximum atomic E-state index is 12.7. The molecule has 0 atom stereocenters. The molecule has 154 valence electrons. The van der Waals surface area contributed by atoms with Crippen LogP contribution >= 0.6 is 11.8 Å². The summed E-state index contributed by atoms with van der Waals surface area (Å²) in [5.74, 6) is 1.24. The molecule has 1 aliphatic heterocycles. The van der Waals surface area contributed by atoms with Crippen molar-refractivity contribution in [2.24, 2.45) is 0 Å². The van der Waals surface area contributed by atoms with E-state index in [2.05, 4.69) is 6.08 Å². The zero-order valence-electron chi connectivity index (χ0n) is 16.5. The Kier molecular flexibility index (Phi) is 7.52. The number of nitrogens with zero attached hydrogens (tertiary/aromatic N) is 2. The molecule has 5 nitrogen and oxygen atoms in total. The summed E-state index contributed by atoms with van der Waals surface area (Å²) in [5.41, 5.74) is 2.17. The number of rotatable bonds is 7. The molecule has 29 heavy (non-hydrogen) atoms. The number of hydrogen-bond donors (Lipinski definition) is 0. The van der Waals surface area contributed by atoms with E-state index in [1.165, 1.54) is 4.31 Å². The molecule has 1 amide bonds. The van der Waals surface area contributed by atoms with Crippen LogP contribution in [0, 0.1) is 6.92 Å². The lowest BCUT2D eigenvalue weighted by atomic mass is 10.2. The molecule has 1 fully saturated rings. The van der Waals surface area contributed by atoms with Crippen LogP contribution in [0.3, 0.4) is 0 Å². The summed E-state index contributed by atoms with van der Waals surface area (Å²) in [6.07, 6.45) is 4.10. The fourth-order valence-corrected chi connectivity index (χ4v) is 5.22. The van der Waals surface area contributed by atoms with E-state index in [1.54, 1.807) is 40.9 Å². The monoisotopic (exact) mass is 430 g/mol. The Hall–Kier alpha value is -2.09. The second-order valence-electron chi connectivity index (χ2n) is 6.93. The van der Waals surface area contributed by atoms with Crippen LogP contribution in [0.5, 0.6) is 0 Å². The van der Waals surface area contributed by atoms with Crippen LogP contribution in [0.2, 0.25) is 0 Å². The van der Waals surface area contributed by atoms with Gasteiger partial charge < -0.3 is 4.90 Å². The van der Waals surface area contributed by atoms with Crippen molar-refractivity contribution in [2.75, 3.05) is 37.7 Å². The summed E-state index contributed by atoms with van der Waals surface area (Å²) in [5, 5.41) is 0. The lowest BCUT2D eigenvalue weighted by Crippen LogP contribution is -2.50. The highest BCUT2D eigenvalue weighted by Gasteiger charge is 2.29. The van der Waals surface area contributed by atoms with Gasteiger partial charge in [-0.15, -0.1) is 11.8 Å². The first-order valence-corrected chi connectivity index (χ1v) is 12.2. The van der Waals surface area contributed by atoms with Crippen LogP contribution < -0.4 is 0 Å². The highest BCUT2D eigenvalue weighted by Crippen LogP contribution is 2.18. The summed E-state index contributed by atoms with van der Waals surface area (Å²) in [6, 6.07) is 16.9. The number of sulfonamides is 1. The highest BCUT2D eigenvalue weighted by molar-refractivity contribution is 8.00. The minimum atomic E-state index is -3.50. The minimum Gasteiger partial charge on any atom is -0.339 e. The van der Waals surface area contributed by atoms with Crippen molar-refractivity contribution in [3.8, 4) is 0 Å². The van der Waals surface area contributed by atoms with Crippen molar-refractivity contribution >= 4 is 33.8 Å². The number of piperazine rings is 1. The van der Waals surface area contributed by atoms with Gasteiger partial charge in [-0.3, -0.25) is 4.79 Å². The lowest BCUT2D eigenvalue weighted by Gasteiger charge is -2.34. The molecule has 1 aliphatic rings. The topological polar surface area (TPSA) is 57.7 Å². The maximum absolute atomic E-state index is 12.7. The standard InChI is InChI=1S/C22H26N2O3S2/c1-19-9-11-21(12-10-19)29(26,27)24-15-13-23(14-16-24)22(25)18-28-17-5-8-20-6-3-2-4-7-20/h2-12H,13-18H2,1H3/b8-5-. The van der Waals surface area contributed by atoms with Gasteiger partial charge in [0.1, 0.15) is 0 Å². The van der Waals surface area contributed by atoms with Crippen LogP contribution in [0.25, 0.3) is 6.08 Å². The lowest BCUT2D eigenvalue weighted by molar-refractivity contribution is -0.129. The summed E-state index contributed by atoms with van der Waals surface area (Å²) >= 11 is 1.57. The number of carbonyl (C=O) groups excluding carboxylic acids is 1. The zero-order chi connectivity index (χ0) is 20.7. The van der Waals surface area contributed by atoms with E-state index in [1.807, 2.05) is 43.3 Å². The largest absolute Gasteiger partial charge is 0.339 e. The third-order valence-corrected chi connectivity index (χ3v) is 7.59. The predicted octanol–water partition coefficient (Wildman–Crippen LogP) is 3.27. The van der Waals surface area contributed by atoms with Crippen LogP contribution in [0.1, 0.15) is 11.1 Å². The quantitative estimate of drug-likeness (QED) is 0.633. The van der Waals surface area contributed by atoms with Crippen molar-refractivity contribution in [3.05, 3.63) is 71.8 Å². The van der Waals surface area contributed by atoms with Crippen molar-refractivity contribution in [1.29, 1.82) is 0 Å². The van der Waals surface area contributed by atoms with Crippen LogP contribution in [-0.2, 0) is 14.8 Å². The Labute approximate surface area is 177 Å². The van der Waals surface area contributed by atoms with Gasteiger partial charge in [-0.05, 0) is 24.6 Å². The van der Waals surface area contributed by atoms with Gasteiger partial charge in [0, 0.05) is 31.9 Å². The number of amides is 1. The van der Waals surface area contributed by atoms with E-state index in [-0.39, 0.29) is 5.91 Å². The third kappa shape index (κ3) is 5.95. The van der Waals surface area contributed by atoms with Gasteiger partial charge in [0.15, 0.2) is 0 Å². The molecule has 0 radical (unpaired) electrons. The fourth-order valence-electron chi connectivity index (χ4n) is 3.09. The van der Waals surface area contributed by atoms with Gasteiger partial charge in [0.2, 0.25) is 15.9 Å². The van der Waals surface area contributed by atoms with Gasteiger partial charge >= 0.3 is 0 Å². The summed E-state index contributed by atoms with van der Waals surface area (Å²) in [7, 11) is -3.50. The minimum absolute atomic E-state index is 0.0653. The maximum Gasteiger partial charge on any atom is 0.243 e. The number of hydrogen-bond acceptors (Lipinski definition) is 4. The first kappa shape index (κ1) is 21.6. The SMILES string of the molecule is Cc1ccc(S(=O)(=O)N2CCN(C(=O)CSC/C=C\c3ccccc3)CC2)cc1. The van der Waals surface area contributed by atoms with Crippen molar-refractivity contribution < 1.29 is 13.2 Å². The molecule has 0 bridgehead atoms. The van der Waals surface area contributed by atoms with E-state index in [0.717, 1.165) is 16.9 Å². The predicted molar refractivity (Wildman–Crippen MR) is 119 cm³/mol. The van der Waals surface area contributed by atoms with Gasteiger partial charge in [0.25, 0.3) is 0 Å². The van der Waals surface area contributed by atoms with E-state index in [4.69, 9.17) is 0 Å². The Balaban J connectivity index is 1.43. The Morgan fingerprint density at radius 1 is 1.00 bits per heavy atom. The molecule has 0 aromatic heterocycles. The average Bonchev–Trinajstić information content (AvgIpc) is 2.74. The molecular weight excluding hydrogens is 404 g/mol. The van der Waals surface area contributed by atoms with E-state index in [9.17, 15) is 13.2 Å². The van der Waals surface area contributed by atoms with Gasteiger partial charge in [0.05, 0.1) is 10.6 Å². The Morgan fingerprint density at radius 2 is 1.66 bits per heavy atom. The number of aryl methyl sites for hydroxylation is 1. The normalized spacial score (nSPS) is 15.7. The molecule has 1 heterocycles. The first-order chi connectivity index (χ1) is 14.0. The first-order valence-electron chi connectivity index (χ1n) is 9.61. The Bertz CT molecular complexity index is 934. The van der Waals surface area contributed by atoms with E-state index < -0.39 is 10.0 Å². The molecule has 2 aromatic carbocycles. The molecule has 7 heteroatoms. The van der Waals surface area contributed by atoms with Crippen LogP contribution in [0.4, 0.5) is 0 Å². The Morgan fingerprint density at radius 3 is 2.31 bits per heavy atom. The molecule has 0 spiro atoms. The second-order valence-corrected chi connectivity index (χ2v) is 9.89. The summed E-state index contributed by atoms with van der Waals surface area (Å²) in [6.45, 7) is 3.46. The molecule has 0 saturated carbocycles. The molecule has 3 rings (SSSR count). The average molecular weight is 431 g/mol. The second kappa shape index (κ2) is 10.1. The highest BCUT2D eigenvalue weighted by atomic mass is 32.2. The van der Waals surface area contributed by atoms with Crippen LogP contribution in [0.15, 0.2) is 65.6 Å².